The molecule has 0 saturated heterocycles. The first kappa shape index (κ1) is 19.1. The number of ketones is 2. The number of carbonyl (C=O) groups excluding carboxylic acids is 4. The number of anilines is 2. The van der Waals surface area contributed by atoms with Crippen LogP contribution in [0.3, 0.4) is 0 Å². The van der Waals surface area contributed by atoms with Crippen LogP contribution in [0, 0.1) is 0 Å². The molecule has 0 radical (unpaired) electrons. The molecular weight excluding hydrogens is 332 g/mol. The van der Waals surface area contributed by atoms with Gasteiger partial charge in [-0.2, -0.15) is 0 Å². The molecular formula is C20H20N2O4. The average molecular weight is 352 g/mol. The standard InChI is InChI=1S/C20H20N2O4/c1-3-17(23)19(25)21-15-9-5-13(6-10-15)14-7-11-16(12-8-14)22-20(26)18(24)4-2/h5-12H,3-4H2,1-2H3,(H,21,25)(H,22,26). The van der Waals surface area contributed by atoms with Gasteiger partial charge in [0, 0.05) is 24.2 Å². The molecule has 2 rings (SSSR count). The molecule has 0 atom stereocenters. The van der Waals surface area contributed by atoms with E-state index < -0.39 is 23.4 Å². The molecule has 2 amide bonds. The molecule has 2 aromatic rings. The summed E-state index contributed by atoms with van der Waals surface area (Å²) < 4.78 is 0. The Hall–Kier alpha value is -3.28. The normalized spacial score (nSPS) is 10.1. The van der Waals surface area contributed by atoms with Crippen LogP contribution in [0.1, 0.15) is 26.7 Å². The van der Waals surface area contributed by atoms with Crippen molar-refractivity contribution in [2.45, 2.75) is 26.7 Å². The van der Waals surface area contributed by atoms with Gasteiger partial charge in [0.05, 0.1) is 0 Å². The van der Waals surface area contributed by atoms with Crippen LogP contribution in [0.2, 0.25) is 0 Å². The lowest BCUT2D eigenvalue weighted by Gasteiger charge is -2.07. The summed E-state index contributed by atoms with van der Waals surface area (Å²) in [5.41, 5.74) is 2.91. The maximum atomic E-state index is 11.6. The monoisotopic (exact) mass is 352 g/mol. The number of rotatable bonds is 7. The predicted molar refractivity (Wildman–Crippen MR) is 99.7 cm³/mol. The maximum absolute atomic E-state index is 11.6. The Morgan fingerprint density at radius 3 is 1.19 bits per heavy atom. The second kappa shape index (κ2) is 8.71. The van der Waals surface area contributed by atoms with Gasteiger partial charge >= 0.3 is 0 Å². The van der Waals surface area contributed by atoms with Crippen LogP contribution in [0.4, 0.5) is 11.4 Å². The third kappa shape index (κ3) is 4.86. The molecule has 6 heteroatoms. The second-order valence-corrected chi connectivity index (χ2v) is 5.62. The Balaban J connectivity index is 2.05. The van der Waals surface area contributed by atoms with E-state index in [1.807, 2.05) is 24.3 Å². The van der Waals surface area contributed by atoms with Crippen molar-refractivity contribution in [1.82, 2.24) is 0 Å². The lowest BCUT2D eigenvalue weighted by atomic mass is 10.0. The van der Waals surface area contributed by atoms with Crippen LogP contribution in [0.15, 0.2) is 48.5 Å². The minimum Gasteiger partial charge on any atom is -0.319 e. The van der Waals surface area contributed by atoms with Crippen molar-refractivity contribution in [2.75, 3.05) is 10.6 Å². The summed E-state index contributed by atoms with van der Waals surface area (Å²) in [6.45, 7) is 3.27. The highest BCUT2D eigenvalue weighted by atomic mass is 16.2. The number of nitrogens with one attached hydrogen (secondary N) is 2. The van der Waals surface area contributed by atoms with E-state index >= 15 is 0 Å². The Morgan fingerprint density at radius 2 is 0.923 bits per heavy atom. The quantitative estimate of drug-likeness (QED) is 0.749. The van der Waals surface area contributed by atoms with Gasteiger partial charge in [-0.15, -0.1) is 0 Å². The SMILES string of the molecule is CCC(=O)C(=O)Nc1ccc(-c2ccc(NC(=O)C(=O)CC)cc2)cc1. The van der Waals surface area contributed by atoms with Gasteiger partial charge in [0.1, 0.15) is 0 Å². The Labute approximate surface area is 151 Å². The molecule has 0 aliphatic heterocycles. The zero-order valence-corrected chi connectivity index (χ0v) is 14.7. The highest BCUT2D eigenvalue weighted by molar-refractivity contribution is 6.41. The van der Waals surface area contributed by atoms with E-state index in [1.54, 1.807) is 38.1 Å². The van der Waals surface area contributed by atoms with Gasteiger partial charge in [-0.3, -0.25) is 19.2 Å². The van der Waals surface area contributed by atoms with Gasteiger partial charge in [-0.25, -0.2) is 0 Å². The molecule has 0 aromatic heterocycles. The van der Waals surface area contributed by atoms with Gasteiger partial charge in [-0.1, -0.05) is 38.1 Å². The summed E-state index contributed by atoms with van der Waals surface area (Å²) in [5.74, 6) is -2.18. The molecule has 134 valence electrons. The lowest BCUT2D eigenvalue weighted by Crippen LogP contribution is -2.21. The summed E-state index contributed by atoms with van der Waals surface area (Å²) in [5, 5.41) is 5.10. The first-order valence-electron chi connectivity index (χ1n) is 8.33. The Kier molecular flexibility index (Phi) is 6.38. The number of benzene rings is 2. The third-order valence-corrected chi connectivity index (χ3v) is 3.77. The van der Waals surface area contributed by atoms with Crippen molar-refractivity contribution in [3.05, 3.63) is 48.5 Å². The summed E-state index contributed by atoms with van der Waals surface area (Å²) in [6.07, 6.45) is 0.327. The second-order valence-electron chi connectivity index (χ2n) is 5.62. The van der Waals surface area contributed by atoms with Crippen LogP contribution in [0.25, 0.3) is 11.1 Å². The van der Waals surface area contributed by atoms with E-state index in [-0.39, 0.29) is 12.8 Å². The maximum Gasteiger partial charge on any atom is 0.291 e. The summed E-state index contributed by atoms with van der Waals surface area (Å²) in [7, 11) is 0. The fourth-order valence-corrected chi connectivity index (χ4v) is 2.21. The van der Waals surface area contributed by atoms with Crippen LogP contribution < -0.4 is 10.6 Å². The topological polar surface area (TPSA) is 92.3 Å². The minimum absolute atomic E-state index is 0.163. The van der Waals surface area contributed by atoms with Gasteiger partial charge in [-0.05, 0) is 35.4 Å². The molecule has 0 saturated carbocycles. The molecule has 0 heterocycles. The van der Waals surface area contributed by atoms with Crippen LogP contribution in [-0.4, -0.2) is 23.4 Å². The van der Waals surface area contributed by atoms with E-state index in [0.717, 1.165) is 11.1 Å². The summed E-state index contributed by atoms with van der Waals surface area (Å²) in [4.78, 5) is 45.8. The Bertz CT molecular complexity index is 752. The molecule has 2 N–H and O–H groups in total. The number of hydrogen-bond donors (Lipinski definition) is 2. The first-order chi connectivity index (χ1) is 12.4. The first-order valence-corrected chi connectivity index (χ1v) is 8.33. The van der Waals surface area contributed by atoms with Gasteiger partial charge < -0.3 is 10.6 Å². The van der Waals surface area contributed by atoms with Crippen LogP contribution in [-0.2, 0) is 19.2 Å². The van der Waals surface area contributed by atoms with Crippen LogP contribution in [0.5, 0.6) is 0 Å². The Morgan fingerprint density at radius 1 is 0.615 bits per heavy atom. The highest BCUT2D eigenvalue weighted by Gasteiger charge is 2.12. The third-order valence-electron chi connectivity index (χ3n) is 3.77. The molecule has 0 aliphatic carbocycles. The van der Waals surface area contributed by atoms with Crippen molar-refractivity contribution in [1.29, 1.82) is 0 Å². The average Bonchev–Trinajstić information content (AvgIpc) is 2.67. The molecule has 0 spiro atoms. The van der Waals surface area contributed by atoms with E-state index in [0.29, 0.717) is 11.4 Å². The van der Waals surface area contributed by atoms with Gasteiger partial charge in [0.15, 0.2) is 0 Å². The van der Waals surface area contributed by atoms with Gasteiger partial charge in [0.25, 0.3) is 11.8 Å². The number of hydrogen-bond acceptors (Lipinski definition) is 4. The van der Waals surface area contributed by atoms with E-state index in [9.17, 15) is 19.2 Å². The highest BCUT2D eigenvalue weighted by Crippen LogP contribution is 2.23. The number of Topliss-reactive ketones (excluding diaryl/α,β-unsaturated/α-hetero) is 2. The molecule has 6 nitrogen and oxygen atoms in total. The summed E-state index contributed by atoms with van der Waals surface area (Å²) >= 11 is 0. The van der Waals surface area contributed by atoms with Crippen molar-refractivity contribution < 1.29 is 19.2 Å². The fourth-order valence-electron chi connectivity index (χ4n) is 2.21. The van der Waals surface area contributed by atoms with Crippen molar-refractivity contribution in [3.8, 4) is 11.1 Å². The zero-order chi connectivity index (χ0) is 19.1. The van der Waals surface area contributed by atoms with Crippen molar-refractivity contribution >= 4 is 34.8 Å². The van der Waals surface area contributed by atoms with Crippen molar-refractivity contribution in [2.24, 2.45) is 0 Å². The zero-order valence-electron chi connectivity index (χ0n) is 14.7. The summed E-state index contributed by atoms with van der Waals surface area (Å²) in [6, 6.07) is 14.1. The van der Waals surface area contributed by atoms with E-state index in [2.05, 4.69) is 10.6 Å². The number of carbonyl (C=O) groups is 4. The smallest absolute Gasteiger partial charge is 0.291 e. The predicted octanol–water partition coefficient (Wildman–Crippen LogP) is 3.19. The van der Waals surface area contributed by atoms with Crippen LogP contribution >= 0.6 is 0 Å². The lowest BCUT2D eigenvalue weighted by molar-refractivity contribution is -0.134. The molecule has 26 heavy (non-hydrogen) atoms. The molecule has 0 bridgehead atoms. The number of amides is 2. The van der Waals surface area contributed by atoms with E-state index in [1.165, 1.54) is 0 Å². The van der Waals surface area contributed by atoms with E-state index in [4.69, 9.17) is 0 Å². The molecule has 2 aromatic carbocycles. The molecule has 0 unspecified atom stereocenters. The molecule has 0 aliphatic rings. The van der Waals surface area contributed by atoms with Crippen molar-refractivity contribution in [3.63, 3.8) is 0 Å². The fraction of sp³-hybridized carbons (Fsp3) is 0.200. The largest absolute Gasteiger partial charge is 0.319 e. The minimum atomic E-state index is -0.623. The van der Waals surface area contributed by atoms with Gasteiger partial charge in [0.2, 0.25) is 11.6 Å². The molecule has 0 fully saturated rings.